The van der Waals surface area contributed by atoms with Gasteiger partial charge >= 0.3 is 11.9 Å². The molecule has 11 heteroatoms. The molecule has 0 amide bonds. The first-order chi connectivity index (χ1) is 20.2. The molecule has 6 rings (SSSR count). The van der Waals surface area contributed by atoms with Crippen LogP contribution in [0.25, 0.3) is 0 Å². The molecule has 240 valence electrons. The van der Waals surface area contributed by atoms with Gasteiger partial charge in [-0.3, -0.25) is 4.79 Å². The minimum atomic E-state index is -1.54. The molecule has 2 aliphatic heterocycles. The number of hydrogen-bond donors (Lipinski definition) is 4. The monoisotopic (exact) mass is 606 g/mol. The van der Waals surface area contributed by atoms with Crippen LogP contribution in [0.15, 0.2) is 23.3 Å². The summed E-state index contributed by atoms with van der Waals surface area (Å²) in [5.74, 6) is -1.27. The van der Waals surface area contributed by atoms with E-state index in [1.807, 2.05) is 13.0 Å². The summed E-state index contributed by atoms with van der Waals surface area (Å²) in [4.78, 5) is 24.3. The maximum Gasteiger partial charge on any atom is 0.331 e. The Balaban J connectivity index is 1.32. The van der Waals surface area contributed by atoms with Crippen LogP contribution in [0, 0.1) is 22.7 Å². The molecule has 4 fully saturated rings. The van der Waals surface area contributed by atoms with E-state index >= 15 is 0 Å². The molecule has 43 heavy (non-hydrogen) atoms. The van der Waals surface area contributed by atoms with Crippen LogP contribution in [-0.4, -0.2) is 100 Å². The number of carbonyl (C=O) groups is 2. The highest BCUT2D eigenvalue weighted by molar-refractivity contribution is 5.85. The number of hydrogen-bond acceptors (Lipinski definition) is 11. The molecule has 0 bridgehead atoms. The highest BCUT2D eigenvalue weighted by Gasteiger charge is 2.75. The third kappa shape index (κ3) is 4.48. The fourth-order valence-corrected chi connectivity index (χ4v) is 9.93. The van der Waals surface area contributed by atoms with Gasteiger partial charge in [0.25, 0.3) is 0 Å². The van der Waals surface area contributed by atoms with E-state index in [1.54, 1.807) is 6.92 Å². The highest BCUT2D eigenvalue weighted by atomic mass is 16.7. The lowest BCUT2D eigenvalue weighted by Crippen LogP contribution is -2.73. The van der Waals surface area contributed by atoms with E-state index in [9.17, 15) is 30.0 Å². The third-order valence-electron chi connectivity index (χ3n) is 12.1. The van der Waals surface area contributed by atoms with Crippen molar-refractivity contribution in [3.05, 3.63) is 23.3 Å². The van der Waals surface area contributed by atoms with Crippen molar-refractivity contribution in [3.8, 4) is 0 Å². The van der Waals surface area contributed by atoms with Gasteiger partial charge in [0.2, 0.25) is 0 Å². The number of fused-ring (bicyclic) bond motifs is 5. The second-order valence-corrected chi connectivity index (χ2v) is 14.2. The van der Waals surface area contributed by atoms with Crippen LogP contribution in [0.3, 0.4) is 0 Å². The quantitative estimate of drug-likeness (QED) is 0.266. The molecule has 0 radical (unpaired) electrons. The van der Waals surface area contributed by atoms with Gasteiger partial charge in [0.15, 0.2) is 6.29 Å². The first kappa shape index (κ1) is 31.1. The van der Waals surface area contributed by atoms with Gasteiger partial charge in [0.1, 0.15) is 36.6 Å². The Bertz CT molecular complexity index is 1220. The van der Waals surface area contributed by atoms with E-state index in [2.05, 4.69) is 6.92 Å². The zero-order valence-electron chi connectivity index (χ0n) is 25.7. The van der Waals surface area contributed by atoms with Crippen LogP contribution in [0.5, 0.6) is 0 Å². The van der Waals surface area contributed by atoms with Crippen molar-refractivity contribution in [1.82, 2.24) is 0 Å². The van der Waals surface area contributed by atoms with Crippen LogP contribution >= 0.6 is 0 Å². The van der Waals surface area contributed by atoms with Gasteiger partial charge in [-0.25, -0.2) is 4.79 Å². The molecule has 6 aliphatic rings. The van der Waals surface area contributed by atoms with Gasteiger partial charge in [0.05, 0.1) is 17.8 Å². The molecule has 1 saturated heterocycles. The summed E-state index contributed by atoms with van der Waals surface area (Å²) in [5.41, 5.74) is -2.59. The predicted octanol–water partition coefficient (Wildman–Crippen LogP) is 1.69. The molecular weight excluding hydrogens is 560 g/mol. The number of ether oxygens (including phenoxy) is 5. The molecule has 4 aliphatic carbocycles. The van der Waals surface area contributed by atoms with Gasteiger partial charge in [-0.1, -0.05) is 19.9 Å². The second-order valence-electron chi connectivity index (χ2n) is 14.2. The predicted molar refractivity (Wildman–Crippen MR) is 150 cm³/mol. The Labute approximate surface area is 252 Å². The fourth-order valence-electron chi connectivity index (χ4n) is 9.93. The molecule has 3 saturated carbocycles. The van der Waals surface area contributed by atoms with Crippen LogP contribution in [-0.2, 0) is 33.3 Å². The standard InChI is InChI=1S/C32H46O11/c1-16-25(35)27(39-5)26(36)28(41-16)43-19-6-9-29(3)21(13-19)22(42-17(2)33)14-31(37)23(29)8-10-30(4)20(7-11-32(30,31)38)18-12-24(34)40-15-18/h12-13,16,19-20,22-23,25-28,35-38H,6-11,14-15H2,1-5H3/t16-,19+,20-,22?,23?,25+,26-,27+,28+,29+,30-,31?,32-/m0/s1. The van der Waals surface area contributed by atoms with Crippen molar-refractivity contribution in [2.24, 2.45) is 22.7 Å². The molecule has 0 spiro atoms. The van der Waals surface area contributed by atoms with Crippen molar-refractivity contribution in [2.45, 2.75) is 127 Å². The van der Waals surface area contributed by atoms with Crippen LogP contribution in [0.1, 0.15) is 72.6 Å². The average molecular weight is 607 g/mol. The minimum Gasteiger partial charge on any atom is -0.458 e. The molecule has 0 aromatic heterocycles. The summed E-state index contributed by atoms with van der Waals surface area (Å²) in [6, 6.07) is 0. The second kappa shape index (κ2) is 10.6. The molecule has 11 nitrogen and oxygen atoms in total. The smallest absolute Gasteiger partial charge is 0.331 e. The van der Waals surface area contributed by atoms with Gasteiger partial charge in [-0.15, -0.1) is 0 Å². The van der Waals surface area contributed by atoms with Gasteiger partial charge in [0, 0.05) is 31.9 Å². The maximum atomic E-state index is 12.7. The van der Waals surface area contributed by atoms with E-state index < -0.39 is 70.9 Å². The Morgan fingerprint density at radius 2 is 1.81 bits per heavy atom. The molecule has 3 unspecified atom stereocenters. The Kier molecular flexibility index (Phi) is 7.68. The number of aliphatic hydroxyl groups excluding tert-OH is 2. The van der Waals surface area contributed by atoms with Crippen molar-refractivity contribution in [1.29, 1.82) is 0 Å². The molecule has 0 aromatic rings. The maximum absolute atomic E-state index is 12.7. The van der Waals surface area contributed by atoms with Crippen molar-refractivity contribution < 1.29 is 53.7 Å². The summed E-state index contributed by atoms with van der Waals surface area (Å²) >= 11 is 0. The normalized spacial score (nSPS) is 51.0. The van der Waals surface area contributed by atoms with E-state index in [0.29, 0.717) is 38.5 Å². The zero-order chi connectivity index (χ0) is 31.1. The number of methoxy groups -OCH3 is 1. The zero-order valence-corrected chi connectivity index (χ0v) is 25.7. The van der Waals surface area contributed by atoms with E-state index in [1.165, 1.54) is 20.1 Å². The SMILES string of the molecule is CO[C@H]1[C@H](O)[C@@H](O[C@H]2C=C3C(OC(C)=O)CC4(O)C(CC[C@@]5(C)[C@H](C6=CC(=O)OC6)CC[C@@]45O)[C@]3(C)CC2)O[C@@H](C)[C@H]1O. The number of aliphatic hydroxyl groups is 4. The highest BCUT2D eigenvalue weighted by Crippen LogP contribution is 2.71. The Morgan fingerprint density at radius 1 is 1.07 bits per heavy atom. The van der Waals surface area contributed by atoms with Crippen molar-refractivity contribution in [3.63, 3.8) is 0 Å². The van der Waals surface area contributed by atoms with Gasteiger partial charge in [-0.2, -0.15) is 0 Å². The molecule has 4 N–H and O–H groups in total. The van der Waals surface area contributed by atoms with E-state index in [4.69, 9.17) is 23.7 Å². The van der Waals surface area contributed by atoms with Crippen molar-refractivity contribution in [2.75, 3.05) is 13.7 Å². The third-order valence-corrected chi connectivity index (χ3v) is 12.1. The van der Waals surface area contributed by atoms with Gasteiger partial charge < -0.3 is 44.1 Å². The summed E-state index contributed by atoms with van der Waals surface area (Å²) < 4.78 is 28.5. The topological polar surface area (TPSA) is 161 Å². The molecule has 13 atom stereocenters. The van der Waals surface area contributed by atoms with E-state index in [-0.39, 0.29) is 30.8 Å². The minimum absolute atomic E-state index is 0.0379. The lowest BCUT2D eigenvalue weighted by Gasteiger charge is -2.66. The molecular formula is C32H46O11. The first-order valence-corrected chi connectivity index (χ1v) is 15.6. The largest absolute Gasteiger partial charge is 0.458 e. The lowest BCUT2D eigenvalue weighted by molar-refractivity contribution is -0.307. The Hall–Kier alpha value is -1.86. The number of carbonyl (C=O) groups excluding carboxylic acids is 2. The summed E-state index contributed by atoms with van der Waals surface area (Å²) in [5, 5.41) is 46.6. The summed E-state index contributed by atoms with van der Waals surface area (Å²) in [6.45, 7) is 7.33. The summed E-state index contributed by atoms with van der Waals surface area (Å²) in [7, 11) is 1.42. The van der Waals surface area contributed by atoms with Crippen LogP contribution in [0.4, 0.5) is 0 Å². The average Bonchev–Trinajstić information content (AvgIpc) is 3.48. The first-order valence-electron chi connectivity index (χ1n) is 15.6. The Morgan fingerprint density at radius 3 is 2.47 bits per heavy atom. The van der Waals surface area contributed by atoms with Crippen LogP contribution < -0.4 is 0 Å². The van der Waals surface area contributed by atoms with Crippen LogP contribution in [0.2, 0.25) is 0 Å². The number of esters is 2. The number of rotatable bonds is 5. The van der Waals surface area contributed by atoms with Crippen molar-refractivity contribution >= 4 is 11.9 Å². The molecule has 0 aromatic carbocycles. The van der Waals surface area contributed by atoms with Gasteiger partial charge in [-0.05, 0) is 73.8 Å². The summed E-state index contributed by atoms with van der Waals surface area (Å²) in [6.07, 6.45) is 0.937. The lowest BCUT2D eigenvalue weighted by atomic mass is 9.42. The van der Waals surface area contributed by atoms with E-state index in [0.717, 1.165) is 11.1 Å². The molecule has 2 heterocycles. The fraction of sp³-hybridized carbons (Fsp3) is 0.812. The number of cyclic esters (lactones) is 1.